The number of rotatable bonds is 7. The minimum atomic E-state index is 0.00666. The smallest absolute Gasteiger partial charge is 0.0991 e. The number of aromatic nitrogens is 1. The van der Waals surface area contributed by atoms with E-state index in [-0.39, 0.29) is 5.41 Å². The van der Waals surface area contributed by atoms with Crippen molar-refractivity contribution in [3.05, 3.63) is 113 Å². The van der Waals surface area contributed by atoms with Crippen LogP contribution in [0, 0.1) is 22.7 Å². The number of pyridine rings is 1. The summed E-state index contributed by atoms with van der Waals surface area (Å²) in [4.78, 5) is 7.31. The number of hydrogen-bond acceptors (Lipinski definition) is 5. The van der Waals surface area contributed by atoms with Gasteiger partial charge in [0, 0.05) is 16.5 Å². The molecule has 0 unspecified atom stereocenters. The van der Waals surface area contributed by atoms with E-state index in [0.29, 0.717) is 24.3 Å². The van der Waals surface area contributed by atoms with Gasteiger partial charge in [-0.15, -0.1) is 0 Å². The fourth-order valence-electron chi connectivity index (χ4n) is 5.12. The van der Waals surface area contributed by atoms with Crippen LogP contribution >= 0.6 is 0 Å². The molecule has 5 rings (SSSR count). The van der Waals surface area contributed by atoms with Crippen molar-refractivity contribution in [3.63, 3.8) is 0 Å². The third-order valence-corrected chi connectivity index (χ3v) is 7.48. The minimum Gasteiger partial charge on any atom is -0.376 e. The van der Waals surface area contributed by atoms with Gasteiger partial charge < -0.3 is 9.64 Å². The summed E-state index contributed by atoms with van der Waals surface area (Å²) < 4.78 is 6.47. The van der Waals surface area contributed by atoms with Crippen LogP contribution in [0.2, 0.25) is 0 Å². The number of ether oxygens (including phenoxy) is 1. The van der Waals surface area contributed by atoms with Crippen LogP contribution in [0.1, 0.15) is 35.1 Å². The Kier molecular flexibility index (Phi) is 7.61. The zero-order valence-electron chi connectivity index (χ0n) is 21.6. The van der Waals surface area contributed by atoms with Gasteiger partial charge in [-0.3, -0.25) is 0 Å². The number of benzene rings is 3. The largest absolute Gasteiger partial charge is 0.376 e. The van der Waals surface area contributed by atoms with Gasteiger partial charge in [-0.2, -0.15) is 10.5 Å². The van der Waals surface area contributed by atoms with Crippen molar-refractivity contribution in [1.82, 2.24) is 9.88 Å². The summed E-state index contributed by atoms with van der Waals surface area (Å²) in [5.41, 5.74) is 7.16. The maximum absolute atomic E-state index is 9.19. The molecule has 1 aliphatic rings. The predicted octanol–water partition coefficient (Wildman–Crippen LogP) is 6.34. The van der Waals surface area contributed by atoms with Gasteiger partial charge in [-0.05, 0) is 80.5 Å². The molecule has 0 amide bonds. The van der Waals surface area contributed by atoms with E-state index in [1.807, 2.05) is 48.5 Å². The van der Waals surface area contributed by atoms with E-state index in [0.717, 1.165) is 54.0 Å². The van der Waals surface area contributed by atoms with E-state index in [4.69, 9.17) is 9.72 Å². The number of nitriles is 2. The number of likely N-dealkylation sites (tertiary alicyclic amines) is 1. The van der Waals surface area contributed by atoms with Crippen LogP contribution in [0.4, 0.5) is 0 Å². The highest BCUT2D eigenvalue weighted by Gasteiger charge is 2.35. The number of nitrogens with zero attached hydrogens (tertiary/aromatic N) is 4. The zero-order valence-corrected chi connectivity index (χ0v) is 21.6. The molecule has 0 N–H and O–H groups in total. The first-order valence-corrected chi connectivity index (χ1v) is 12.9. The van der Waals surface area contributed by atoms with Gasteiger partial charge in [0.25, 0.3) is 0 Å². The molecule has 4 aromatic rings. The molecule has 3 aromatic carbocycles. The summed E-state index contributed by atoms with van der Waals surface area (Å²) in [7, 11) is 2.18. The zero-order chi connectivity index (χ0) is 26.4. The second-order valence-electron chi connectivity index (χ2n) is 10.1. The Balaban J connectivity index is 1.43. The molecule has 2 heterocycles. The molecule has 0 aliphatic carbocycles. The van der Waals surface area contributed by atoms with Gasteiger partial charge in [-0.1, -0.05) is 54.6 Å². The molecule has 0 spiro atoms. The molecule has 0 bridgehead atoms. The summed E-state index contributed by atoms with van der Waals surface area (Å²) in [6.45, 7) is 3.24. The van der Waals surface area contributed by atoms with Gasteiger partial charge in [-0.25, -0.2) is 4.98 Å². The van der Waals surface area contributed by atoms with Crippen LogP contribution in [-0.4, -0.2) is 36.6 Å². The molecule has 188 valence electrons. The average molecular weight is 499 g/mol. The van der Waals surface area contributed by atoms with E-state index in [1.54, 1.807) is 0 Å². The number of hydrogen-bond donors (Lipinski definition) is 0. The third kappa shape index (κ3) is 5.66. The highest BCUT2D eigenvalue weighted by Crippen LogP contribution is 2.36. The normalized spacial score (nSPS) is 14.9. The van der Waals surface area contributed by atoms with E-state index in [9.17, 15) is 10.5 Å². The van der Waals surface area contributed by atoms with Gasteiger partial charge in [0.2, 0.25) is 0 Å². The van der Waals surface area contributed by atoms with Gasteiger partial charge in [0.1, 0.15) is 0 Å². The van der Waals surface area contributed by atoms with E-state index in [2.05, 4.69) is 66.6 Å². The fraction of sp³-hybridized carbons (Fsp3) is 0.242. The van der Waals surface area contributed by atoms with Crippen LogP contribution in [0.5, 0.6) is 0 Å². The summed E-state index contributed by atoms with van der Waals surface area (Å²) in [5.74, 6) is 0. The first-order valence-electron chi connectivity index (χ1n) is 12.9. The lowest BCUT2D eigenvalue weighted by Crippen LogP contribution is -2.43. The summed E-state index contributed by atoms with van der Waals surface area (Å²) >= 11 is 0. The van der Waals surface area contributed by atoms with Crippen molar-refractivity contribution < 1.29 is 4.74 Å². The molecule has 1 saturated heterocycles. The van der Waals surface area contributed by atoms with Crippen molar-refractivity contribution >= 4 is 0 Å². The van der Waals surface area contributed by atoms with E-state index >= 15 is 0 Å². The quantitative estimate of drug-likeness (QED) is 0.297. The first-order chi connectivity index (χ1) is 18.6. The van der Waals surface area contributed by atoms with Crippen LogP contribution in [-0.2, 0) is 16.8 Å². The fourth-order valence-corrected chi connectivity index (χ4v) is 5.12. The predicted molar refractivity (Wildman–Crippen MR) is 149 cm³/mol. The molecule has 38 heavy (non-hydrogen) atoms. The Bertz CT molecular complexity index is 1380. The van der Waals surface area contributed by atoms with E-state index in [1.165, 1.54) is 5.56 Å². The highest BCUT2D eigenvalue weighted by atomic mass is 16.5. The molecule has 0 saturated carbocycles. The molecule has 0 radical (unpaired) electrons. The molecule has 0 atom stereocenters. The Morgan fingerprint density at radius 2 is 1.32 bits per heavy atom. The Morgan fingerprint density at radius 3 is 1.82 bits per heavy atom. The van der Waals surface area contributed by atoms with Crippen molar-refractivity contribution in [2.24, 2.45) is 0 Å². The summed E-state index contributed by atoms with van der Waals surface area (Å²) in [6, 6.07) is 34.2. The number of piperidine rings is 1. The van der Waals surface area contributed by atoms with Gasteiger partial charge >= 0.3 is 0 Å². The molecular weight excluding hydrogens is 468 g/mol. The van der Waals surface area contributed by atoms with Crippen LogP contribution in [0.3, 0.4) is 0 Å². The molecule has 5 nitrogen and oxygen atoms in total. The average Bonchev–Trinajstić information content (AvgIpc) is 2.99. The highest BCUT2D eigenvalue weighted by molar-refractivity contribution is 5.68. The maximum Gasteiger partial charge on any atom is 0.0991 e. The van der Waals surface area contributed by atoms with Crippen LogP contribution < -0.4 is 0 Å². The molecule has 1 aliphatic heterocycles. The van der Waals surface area contributed by atoms with Crippen molar-refractivity contribution in [1.29, 1.82) is 10.5 Å². The first kappa shape index (κ1) is 25.4. The summed E-state index contributed by atoms with van der Waals surface area (Å²) in [5, 5.41) is 18.4. The molecular formula is C33H30N4O. The molecule has 5 heteroatoms. The second kappa shape index (κ2) is 11.4. The topological polar surface area (TPSA) is 72.9 Å². The van der Waals surface area contributed by atoms with Crippen molar-refractivity contribution in [2.45, 2.75) is 24.9 Å². The lowest BCUT2D eigenvalue weighted by atomic mass is 9.73. The minimum absolute atomic E-state index is 0.00666. The second-order valence-corrected chi connectivity index (χ2v) is 10.1. The molecule has 1 aromatic heterocycles. The Morgan fingerprint density at radius 1 is 0.789 bits per heavy atom. The van der Waals surface area contributed by atoms with E-state index < -0.39 is 0 Å². The lowest BCUT2D eigenvalue weighted by molar-refractivity contribution is 0.0408. The third-order valence-electron chi connectivity index (χ3n) is 7.48. The Hall–Kier alpha value is -4.29. The summed E-state index contributed by atoms with van der Waals surface area (Å²) in [6.07, 6.45) is 2.13. The maximum atomic E-state index is 9.19. The van der Waals surface area contributed by atoms with Crippen LogP contribution in [0.25, 0.3) is 22.5 Å². The van der Waals surface area contributed by atoms with Gasteiger partial charge in [0.15, 0.2) is 0 Å². The van der Waals surface area contributed by atoms with Crippen molar-refractivity contribution in [2.75, 3.05) is 26.7 Å². The van der Waals surface area contributed by atoms with Crippen molar-refractivity contribution in [3.8, 4) is 34.7 Å². The van der Waals surface area contributed by atoms with Gasteiger partial charge in [0.05, 0.1) is 47.9 Å². The SMILES string of the molecule is CN1CCC(COCc2cc(-c3ccc(C#N)cc3)nc(-c3ccc(C#N)cc3)c2)(c2ccccc2)CC1. The Labute approximate surface area is 224 Å². The lowest BCUT2D eigenvalue weighted by Gasteiger charge is -2.41. The van der Waals surface area contributed by atoms with Crippen LogP contribution in [0.15, 0.2) is 91.0 Å². The molecule has 1 fully saturated rings. The standard InChI is InChI=1S/C33H30N4O/c1-37-17-15-33(16-18-37,30-5-3-2-4-6-30)24-38-23-27-19-31(28-11-7-25(21-34)8-12-28)36-32(20-27)29-13-9-26(22-35)10-14-29/h2-14,19-20H,15-18,23-24H2,1H3. The monoisotopic (exact) mass is 498 g/mol.